The van der Waals surface area contributed by atoms with Gasteiger partial charge in [-0.3, -0.25) is 28.8 Å². The van der Waals surface area contributed by atoms with E-state index in [9.17, 15) is 28.8 Å². The third kappa shape index (κ3) is 9.44. The molecule has 14 nitrogen and oxygen atoms in total. The maximum Gasteiger partial charge on any atom is 0.246 e. The Bertz CT molecular complexity index is 1960. The minimum absolute atomic E-state index is 0.0731. The van der Waals surface area contributed by atoms with Gasteiger partial charge in [0.25, 0.3) is 0 Å². The Balaban J connectivity index is 1.57. The molecule has 6 rings (SSSR count). The number of carbonyl (C=O) groups excluding carboxylic acids is 6. The largest absolute Gasteiger partial charge is 0.497 e. The maximum atomic E-state index is 14.7. The second kappa shape index (κ2) is 17.9. The smallest absolute Gasteiger partial charge is 0.246 e. The van der Waals surface area contributed by atoms with E-state index in [-0.39, 0.29) is 19.3 Å². The van der Waals surface area contributed by atoms with Crippen LogP contribution in [0.5, 0.6) is 11.5 Å². The van der Waals surface area contributed by atoms with Gasteiger partial charge in [-0.2, -0.15) is 0 Å². The van der Waals surface area contributed by atoms with E-state index < -0.39 is 71.7 Å². The van der Waals surface area contributed by atoms with E-state index in [0.717, 1.165) is 26.5 Å². The van der Waals surface area contributed by atoms with Gasteiger partial charge in [-0.25, -0.2) is 0 Å². The molecule has 1 fully saturated rings. The highest BCUT2D eigenvalue weighted by molar-refractivity contribution is 7.99. The SMILES string of the molecule is COc1ccc(C[C@H]2C(=O)N[C@@H](C)C(=O)N(C)[C@H]3Cc4ccc(cc4)Sc4cc(ccc4OC)C[C@@H](C(=O)N[C@H](C)C(=O)N[C@@H](C)C(=O)N2C)N(C)C3=O)cc1. The standard InChI is InChI=1S/C41H50N6O8S/c1-23-36(48)43-24(2)39(51)45(4)31(19-26-9-14-29(54-7)15-10-26)38(50)44-25(3)40(52)47(6)33-20-27-11-16-30(17-12-27)56-35-22-28(13-18-34(35)55-8)21-32(37(49)42-23)46(5)41(33)53/h9-18,22-25,31-33H,19-21H2,1-8H3,(H,42,49)(H,43,48)(H,44,50)/t23-,24+,25+,31+,32+,33+/m1/s1. The van der Waals surface area contributed by atoms with E-state index in [0.29, 0.717) is 11.5 Å². The highest BCUT2D eigenvalue weighted by Crippen LogP contribution is 2.36. The molecule has 0 spiro atoms. The first-order valence-electron chi connectivity index (χ1n) is 18.4. The summed E-state index contributed by atoms with van der Waals surface area (Å²) in [6, 6.07) is 13.6. The quantitative estimate of drug-likeness (QED) is 0.360. The third-order valence-electron chi connectivity index (χ3n) is 10.4. The highest BCUT2D eigenvalue weighted by atomic mass is 32.2. The minimum Gasteiger partial charge on any atom is -0.497 e. The molecule has 0 aromatic heterocycles. The predicted molar refractivity (Wildman–Crippen MR) is 210 cm³/mol. The zero-order chi connectivity index (χ0) is 40.8. The van der Waals surface area contributed by atoms with Crippen molar-refractivity contribution in [2.24, 2.45) is 0 Å². The van der Waals surface area contributed by atoms with E-state index >= 15 is 0 Å². The lowest BCUT2D eigenvalue weighted by molar-refractivity contribution is -0.149. The number of fused-ring (bicyclic) bond motifs is 2. The van der Waals surface area contributed by atoms with E-state index in [1.165, 1.54) is 75.5 Å². The van der Waals surface area contributed by atoms with Crippen molar-refractivity contribution in [2.45, 2.75) is 86.1 Å². The van der Waals surface area contributed by atoms with E-state index in [1.54, 1.807) is 37.4 Å². The molecule has 6 amide bonds. The second-order valence-corrected chi connectivity index (χ2v) is 15.4. The van der Waals surface area contributed by atoms with Gasteiger partial charge in [0.15, 0.2) is 0 Å². The van der Waals surface area contributed by atoms with Gasteiger partial charge >= 0.3 is 0 Å². The number of amides is 6. The van der Waals surface area contributed by atoms with Crippen LogP contribution in [-0.4, -0.2) is 122 Å². The lowest BCUT2D eigenvalue weighted by Gasteiger charge is -2.36. The number of benzene rings is 3. The Hall–Kier alpha value is -5.57. The van der Waals surface area contributed by atoms with Crippen LogP contribution < -0.4 is 25.4 Å². The highest BCUT2D eigenvalue weighted by Gasteiger charge is 2.39. The number of methoxy groups -OCH3 is 2. The van der Waals surface area contributed by atoms with Crippen molar-refractivity contribution >= 4 is 47.2 Å². The predicted octanol–water partition coefficient (Wildman–Crippen LogP) is 2.21. The molecule has 0 saturated carbocycles. The van der Waals surface area contributed by atoms with Gasteiger partial charge in [-0.15, -0.1) is 0 Å². The normalized spacial score (nSPS) is 24.5. The van der Waals surface area contributed by atoms with Gasteiger partial charge < -0.3 is 40.1 Å². The third-order valence-corrected chi connectivity index (χ3v) is 11.4. The summed E-state index contributed by atoms with van der Waals surface area (Å²) in [4.78, 5) is 90.1. The molecule has 3 heterocycles. The molecule has 6 atom stereocenters. The molecule has 298 valence electrons. The van der Waals surface area contributed by atoms with Crippen LogP contribution in [0.25, 0.3) is 0 Å². The van der Waals surface area contributed by atoms with Gasteiger partial charge in [0.05, 0.1) is 19.1 Å². The Morgan fingerprint density at radius 2 is 1.16 bits per heavy atom. The van der Waals surface area contributed by atoms with E-state index in [4.69, 9.17) is 9.47 Å². The van der Waals surface area contributed by atoms with Crippen molar-refractivity contribution in [1.29, 1.82) is 0 Å². The minimum atomic E-state index is -1.12. The fraction of sp³-hybridized carbons (Fsp3) is 0.415. The second-order valence-electron chi connectivity index (χ2n) is 14.3. The summed E-state index contributed by atoms with van der Waals surface area (Å²) in [6.45, 7) is 4.50. The molecule has 3 aliphatic rings. The molecule has 15 heteroatoms. The zero-order valence-corrected chi connectivity index (χ0v) is 33.8. The van der Waals surface area contributed by atoms with Gasteiger partial charge in [0.2, 0.25) is 35.4 Å². The van der Waals surface area contributed by atoms with Gasteiger partial charge in [-0.1, -0.05) is 42.1 Å². The monoisotopic (exact) mass is 786 g/mol. The summed E-state index contributed by atoms with van der Waals surface area (Å²) in [7, 11) is 7.57. The topological polar surface area (TPSA) is 167 Å². The van der Waals surface area contributed by atoms with Crippen molar-refractivity contribution in [3.63, 3.8) is 0 Å². The lowest BCUT2D eigenvalue weighted by Crippen LogP contribution is -2.61. The van der Waals surface area contributed by atoms with Crippen LogP contribution in [0.1, 0.15) is 37.5 Å². The summed E-state index contributed by atoms with van der Waals surface area (Å²) >= 11 is 1.49. The Morgan fingerprint density at radius 3 is 1.79 bits per heavy atom. The molecule has 3 aromatic rings. The molecular weight excluding hydrogens is 737 g/mol. The van der Waals surface area contributed by atoms with E-state index in [1.807, 2.05) is 36.4 Å². The van der Waals surface area contributed by atoms with Crippen molar-refractivity contribution in [2.75, 3.05) is 35.4 Å². The molecule has 1 saturated heterocycles. The van der Waals surface area contributed by atoms with E-state index in [2.05, 4.69) is 16.0 Å². The average Bonchev–Trinajstić information content (AvgIpc) is 3.19. The number of nitrogens with zero attached hydrogens (tertiary/aromatic N) is 3. The Morgan fingerprint density at radius 1 is 0.607 bits per heavy atom. The Kier molecular flexibility index (Phi) is 13.3. The first-order chi connectivity index (χ1) is 26.6. The number of rotatable bonds is 4. The molecule has 3 aromatic carbocycles. The first-order valence-corrected chi connectivity index (χ1v) is 19.2. The van der Waals surface area contributed by atoms with Gasteiger partial charge in [0, 0.05) is 45.3 Å². The summed E-state index contributed by atoms with van der Waals surface area (Å²) in [5.41, 5.74) is 2.21. The van der Waals surface area contributed by atoms with Crippen LogP contribution >= 0.6 is 11.8 Å². The summed E-state index contributed by atoms with van der Waals surface area (Å²) in [5, 5.41) is 8.20. The van der Waals surface area contributed by atoms with Crippen LogP contribution in [0, 0.1) is 0 Å². The number of hydrogen-bond acceptors (Lipinski definition) is 9. The van der Waals surface area contributed by atoms with Crippen molar-refractivity contribution < 1.29 is 38.2 Å². The first kappa shape index (κ1) is 41.6. The van der Waals surface area contributed by atoms with Crippen LogP contribution in [0.2, 0.25) is 0 Å². The molecule has 3 N–H and O–H groups in total. The molecule has 6 bridgehead atoms. The molecular formula is C41H50N6O8S. The van der Waals surface area contributed by atoms with Crippen molar-refractivity contribution in [3.8, 4) is 11.5 Å². The molecule has 0 radical (unpaired) electrons. The maximum absolute atomic E-state index is 14.7. The van der Waals surface area contributed by atoms with Crippen LogP contribution in [0.15, 0.2) is 76.5 Å². The van der Waals surface area contributed by atoms with Crippen LogP contribution in [-0.2, 0) is 48.0 Å². The average molecular weight is 787 g/mol. The zero-order valence-electron chi connectivity index (χ0n) is 33.0. The number of nitrogens with one attached hydrogen (secondary N) is 3. The van der Waals surface area contributed by atoms with Gasteiger partial charge in [0.1, 0.15) is 47.8 Å². The number of ether oxygens (including phenoxy) is 2. The lowest BCUT2D eigenvalue weighted by atomic mass is 9.99. The molecule has 3 aliphatic heterocycles. The summed E-state index contributed by atoms with van der Waals surface area (Å²) in [6.07, 6.45) is 0.261. The number of likely N-dealkylation sites (N-methyl/N-ethyl adjacent to an activating group) is 3. The Labute approximate surface area is 331 Å². The summed E-state index contributed by atoms with van der Waals surface area (Å²) < 4.78 is 10.9. The van der Waals surface area contributed by atoms with Crippen molar-refractivity contribution in [3.05, 3.63) is 83.4 Å². The summed E-state index contributed by atoms with van der Waals surface area (Å²) in [5.74, 6) is -2.22. The number of hydrogen-bond donors (Lipinski definition) is 3. The fourth-order valence-electron chi connectivity index (χ4n) is 6.83. The number of carbonyl (C=O) groups is 6. The fourth-order valence-corrected chi connectivity index (χ4v) is 7.82. The van der Waals surface area contributed by atoms with Gasteiger partial charge in [-0.05, 0) is 73.9 Å². The van der Waals surface area contributed by atoms with Crippen LogP contribution in [0.4, 0.5) is 0 Å². The van der Waals surface area contributed by atoms with Crippen LogP contribution in [0.3, 0.4) is 0 Å². The molecule has 0 unspecified atom stereocenters. The molecule has 56 heavy (non-hydrogen) atoms. The molecule has 0 aliphatic carbocycles. The van der Waals surface area contributed by atoms with Crippen molar-refractivity contribution in [1.82, 2.24) is 30.7 Å².